The molecule has 1 N–H and O–H groups in total. The van der Waals surface area contributed by atoms with Gasteiger partial charge in [0.05, 0.1) is 0 Å². The Morgan fingerprint density at radius 1 is 0.926 bits per heavy atom. The van der Waals surface area contributed by atoms with E-state index in [9.17, 15) is 0 Å². The van der Waals surface area contributed by atoms with Gasteiger partial charge in [-0.25, -0.2) is 0 Å². The fourth-order valence-electron chi connectivity index (χ4n) is 3.45. The van der Waals surface area contributed by atoms with E-state index in [1.54, 1.807) is 0 Å². The second kappa shape index (κ2) is 7.58. The van der Waals surface area contributed by atoms with Gasteiger partial charge in [0, 0.05) is 21.7 Å². The maximum Gasteiger partial charge on any atom is 0.160 e. The van der Waals surface area contributed by atoms with E-state index in [-0.39, 0.29) is 0 Å². The van der Waals surface area contributed by atoms with Crippen molar-refractivity contribution in [2.45, 2.75) is 26.7 Å². The van der Waals surface area contributed by atoms with Crippen molar-refractivity contribution >= 4 is 29.7 Å². The molecule has 0 saturated heterocycles. The first-order valence-corrected chi connectivity index (χ1v) is 9.39. The lowest BCUT2D eigenvalue weighted by atomic mass is 10.0. The largest absolute Gasteiger partial charge is 0.338 e. The molecule has 3 nitrogen and oxygen atoms in total. The Hall–Kier alpha value is -3.20. The van der Waals surface area contributed by atoms with Crippen molar-refractivity contribution in [2.75, 3.05) is 5.32 Å². The van der Waals surface area contributed by atoms with Crippen LogP contribution in [-0.2, 0) is 0 Å². The summed E-state index contributed by atoms with van der Waals surface area (Å²) >= 11 is 0. The first kappa shape index (κ1) is 17.2. The van der Waals surface area contributed by atoms with Crippen LogP contribution < -0.4 is 15.8 Å². The molecule has 0 atom stereocenters. The number of hydrogen-bond donors (Lipinski definition) is 1. The fourth-order valence-corrected chi connectivity index (χ4v) is 3.45. The normalized spacial score (nSPS) is 13.0. The van der Waals surface area contributed by atoms with Crippen LogP contribution in [0.5, 0.6) is 0 Å². The first-order chi connectivity index (χ1) is 13.3. The van der Waals surface area contributed by atoms with E-state index >= 15 is 0 Å². The van der Waals surface area contributed by atoms with Crippen LogP contribution in [0, 0.1) is 6.92 Å². The van der Waals surface area contributed by atoms with Crippen molar-refractivity contribution in [3.05, 3.63) is 76.2 Å². The van der Waals surface area contributed by atoms with Gasteiger partial charge in [-0.2, -0.15) is 0 Å². The average molecular weight is 353 g/mol. The quantitative estimate of drug-likeness (QED) is 0.746. The summed E-state index contributed by atoms with van der Waals surface area (Å²) in [6.45, 7) is 4.16. The van der Waals surface area contributed by atoms with E-state index in [2.05, 4.69) is 77.1 Å². The number of benzene rings is 2. The van der Waals surface area contributed by atoms with Gasteiger partial charge in [0.2, 0.25) is 0 Å². The van der Waals surface area contributed by atoms with Gasteiger partial charge in [0.1, 0.15) is 5.69 Å². The van der Waals surface area contributed by atoms with Crippen LogP contribution in [-0.4, -0.2) is 10.2 Å². The molecule has 134 valence electrons. The van der Waals surface area contributed by atoms with E-state index in [1.165, 1.54) is 16.3 Å². The molecule has 0 saturated carbocycles. The first-order valence-electron chi connectivity index (χ1n) is 9.39. The van der Waals surface area contributed by atoms with Gasteiger partial charge >= 0.3 is 0 Å². The number of fused-ring (bicyclic) bond motifs is 1. The maximum atomic E-state index is 4.56. The lowest BCUT2D eigenvalue weighted by molar-refractivity contribution is 1.00. The lowest BCUT2D eigenvalue weighted by Gasteiger charge is -2.12. The molecule has 1 aromatic heterocycles. The van der Waals surface area contributed by atoms with Crippen molar-refractivity contribution in [1.82, 2.24) is 10.2 Å². The molecule has 0 fully saturated rings. The van der Waals surface area contributed by atoms with Crippen LogP contribution in [0.3, 0.4) is 0 Å². The zero-order chi connectivity index (χ0) is 18.6. The van der Waals surface area contributed by atoms with Crippen LogP contribution in [0.1, 0.15) is 30.9 Å². The molecule has 1 heterocycles. The molecule has 0 spiro atoms. The van der Waals surface area contributed by atoms with Crippen LogP contribution in [0.2, 0.25) is 0 Å². The summed E-state index contributed by atoms with van der Waals surface area (Å²) in [5, 5.41) is 14.9. The number of aromatic nitrogens is 2. The highest BCUT2D eigenvalue weighted by Gasteiger charge is 2.10. The van der Waals surface area contributed by atoms with Gasteiger partial charge in [-0.05, 0) is 49.9 Å². The molecule has 0 aliphatic heterocycles. The minimum atomic E-state index is 0.816. The molecular weight excluding hydrogens is 330 g/mol. The number of rotatable bonds is 4. The third-order valence-electron chi connectivity index (χ3n) is 4.85. The van der Waals surface area contributed by atoms with Crippen molar-refractivity contribution < 1.29 is 0 Å². The summed E-state index contributed by atoms with van der Waals surface area (Å²) in [6, 6.07) is 16.6. The van der Waals surface area contributed by atoms with Gasteiger partial charge in [-0.15, -0.1) is 10.2 Å². The number of aryl methyl sites for hydroxylation is 1. The number of allylic oxidation sites excluding steroid dienone is 1. The van der Waals surface area contributed by atoms with Gasteiger partial charge in [-0.1, -0.05) is 60.7 Å². The summed E-state index contributed by atoms with van der Waals surface area (Å²) in [6.07, 6.45) is 10.8. The number of nitrogens with zero attached hydrogens (tertiary/aromatic N) is 2. The molecule has 3 aromatic rings. The van der Waals surface area contributed by atoms with Crippen LogP contribution >= 0.6 is 0 Å². The van der Waals surface area contributed by atoms with E-state index in [0.29, 0.717) is 0 Å². The molecule has 4 rings (SSSR count). The van der Waals surface area contributed by atoms with Crippen molar-refractivity contribution in [2.24, 2.45) is 0 Å². The highest BCUT2D eigenvalue weighted by molar-refractivity contribution is 5.68. The van der Waals surface area contributed by atoms with Crippen LogP contribution in [0.4, 0.5) is 11.5 Å². The molecule has 2 aromatic carbocycles. The Balaban J connectivity index is 1.79. The molecule has 0 bridgehead atoms. The maximum absolute atomic E-state index is 4.56. The molecule has 3 heteroatoms. The SMILES string of the molecule is C/C=C\c1cc(Nc2nnc(-c3ccccc3)c3c2=CCCC=3)ccc1C. The predicted octanol–water partition coefficient (Wildman–Crippen LogP) is 4.58. The third kappa shape index (κ3) is 3.54. The predicted molar refractivity (Wildman–Crippen MR) is 114 cm³/mol. The summed E-state index contributed by atoms with van der Waals surface area (Å²) in [7, 11) is 0. The van der Waals surface area contributed by atoms with E-state index in [4.69, 9.17) is 0 Å². The standard InChI is InChI=1S/C24H23N3/c1-3-9-19-16-20(15-14-17(19)2)25-24-22-13-8-7-12-21(22)23(26-27-24)18-10-5-4-6-11-18/h3-6,9-16H,7-8H2,1-2H3,(H,25,27)/b9-3-. The second-order valence-corrected chi connectivity index (χ2v) is 6.77. The number of anilines is 2. The molecule has 0 unspecified atom stereocenters. The minimum Gasteiger partial charge on any atom is -0.338 e. The zero-order valence-electron chi connectivity index (χ0n) is 15.7. The molecule has 0 radical (unpaired) electrons. The van der Waals surface area contributed by atoms with Crippen LogP contribution in [0.15, 0.2) is 54.6 Å². The van der Waals surface area contributed by atoms with E-state index in [0.717, 1.165) is 40.8 Å². The van der Waals surface area contributed by atoms with E-state index in [1.807, 2.05) is 25.1 Å². The van der Waals surface area contributed by atoms with Crippen molar-refractivity contribution in [1.29, 1.82) is 0 Å². The van der Waals surface area contributed by atoms with E-state index < -0.39 is 0 Å². The third-order valence-corrected chi connectivity index (χ3v) is 4.85. The highest BCUT2D eigenvalue weighted by Crippen LogP contribution is 2.19. The van der Waals surface area contributed by atoms with Gasteiger partial charge < -0.3 is 5.32 Å². The summed E-state index contributed by atoms with van der Waals surface area (Å²) in [5.74, 6) is 0.816. The molecule has 0 amide bonds. The number of nitrogens with one attached hydrogen (secondary N) is 1. The second-order valence-electron chi connectivity index (χ2n) is 6.77. The summed E-state index contributed by atoms with van der Waals surface area (Å²) < 4.78 is 0. The van der Waals surface area contributed by atoms with Crippen LogP contribution in [0.25, 0.3) is 29.5 Å². The topological polar surface area (TPSA) is 37.8 Å². The minimum absolute atomic E-state index is 0.816. The van der Waals surface area contributed by atoms with Gasteiger partial charge in [-0.3, -0.25) is 0 Å². The van der Waals surface area contributed by atoms with Gasteiger partial charge in [0.25, 0.3) is 0 Å². The zero-order valence-corrected chi connectivity index (χ0v) is 15.7. The smallest absolute Gasteiger partial charge is 0.160 e. The highest BCUT2D eigenvalue weighted by atomic mass is 15.2. The summed E-state index contributed by atoms with van der Waals surface area (Å²) in [4.78, 5) is 0. The molecular formula is C24H23N3. The Bertz CT molecular complexity index is 1110. The monoisotopic (exact) mass is 353 g/mol. The molecule has 1 aliphatic carbocycles. The Kier molecular flexibility index (Phi) is 4.84. The Morgan fingerprint density at radius 2 is 1.70 bits per heavy atom. The van der Waals surface area contributed by atoms with Gasteiger partial charge in [0.15, 0.2) is 5.82 Å². The van der Waals surface area contributed by atoms with Crippen molar-refractivity contribution in [3.63, 3.8) is 0 Å². The fraction of sp³-hybridized carbons (Fsp3) is 0.167. The number of hydrogen-bond acceptors (Lipinski definition) is 3. The Morgan fingerprint density at radius 3 is 2.48 bits per heavy atom. The molecule has 27 heavy (non-hydrogen) atoms. The lowest BCUT2D eigenvalue weighted by Crippen LogP contribution is -2.33. The van der Waals surface area contributed by atoms with Crippen molar-refractivity contribution in [3.8, 4) is 11.3 Å². The molecule has 1 aliphatic rings. The summed E-state index contributed by atoms with van der Waals surface area (Å²) in [5.41, 5.74) is 5.54. The average Bonchev–Trinajstić information content (AvgIpc) is 2.71. The Labute approximate surface area is 159 Å².